The van der Waals surface area contributed by atoms with E-state index in [0.717, 1.165) is 24.1 Å². The summed E-state index contributed by atoms with van der Waals surface area (Å²) in [6.07, 6.45) is -0.187. The number of carbonyl (C=O) groups excluding carboxylic acids is 1. The monoisotopic (exact) mass is 344 g/mol. The van der Waals surface area contributed by atoms with E-state index in [1.54, 1.807) is 11.1 Å². The van der Waals surface area contributed by atoms with Crippen molar-refractivity contribution in [1.82, 2.24) is 20.0 Å². The van der Waals surface area contributed by atoms with Crippen LogP contribution in [0.4, 0.5) is 13.2 Å². The van der Waals surface area contributed by atoms with Crippen molar-refractivity contribution in [1.29, 1.82) is 0 Å². The fourth-order valence-corrected chi connectivity index (χ4v) is 3.80. The minimum atomic E-state index is -4.19. The molecule has 1 aromatic rings. The second-order valence-electron chi connectivity index (χ2n) is 7.05. The Bertz CT molecular complexity index is 586. The number of hydrogen-bond donors (Lipinski definition) is 1. The maximum Gasteiger partial charge on any atom is 0.401 e. The first kappa shape index (κ1) is 17.3. The predicted molar refractivity (Wildman–Crippen MR) is 82.3 cm³/mol. The molecule has 134 valence electrons. The summed E-state index contributed by atoms with van der Waals surface area (Å²) in [5.41, 5.74) is 2.18. The van der Waals surface area contributed by atoms with Gasteiger partial charge in [-0.3, -0.25) is 14.8 Å². The van der Waals surface area contributed by atoms with Crippen molar-refractivity contribution < 1.29 is 18.0 Å². The normalized spacial score (nSPS) is 26.1. The molecular formula is C16H23F3N4O. The highest BCUT2D eigenvalue weighted by molar-refractivity contribution is 5.79. The lowest BCUT2D eigenvalue weighted by Gasteiger charge is -2.29. The van der Waals surface area contributed by atoms with Crippen LogP contribution in [-0.4, -0.2) is 64.8 Å². The minimum Gasteiger partial charge on any atom is -0.341 e. The molecule has 1 fully saturated rings. The van der Waals surface area contributed by atoms with Gasteiger partial charge in [-0.05, 0) is 30.7 Å². The number of aryl methyl sites for hydroxylation is 1. The van der Waals surface area contributed by atoms with E-state index >= 15 is 0 Å². The molecule has 2 heterocycles. The largest absolute Gasteiger partial charge is 0.401 e. The Balaban J connectivity index is 1.61. The van der Waals surface area contributed by atoms with Crippen molar-refractivity contribution >= 4 is 5.91 Å². The van der Waals surface area contributed by atoms with Gasteiger partial charge in [-0.1, -0.05) is 6.92 Å². The number of amides is 1. The van der Waals surface area contributed by atoms with Crippen LogP contribution in [0.3, 0.4) is 0 Å². The van der Waals surface area contributed by atoms with Crippen molar-refractivity contribution in [2.24, 2.45) is 11.8 Å². The smallest absolute Gasteiger partial charge is 0.341 e. The number of hydrogen-bond acceptors (Lipinski definition) is 3. The molecule has 5 nitrogen and oxygen atoms in total. The molecule has 0 spiro atoms. The highest BCUT2D eigenvalue weighted by Gasteiger charge is 2.35. The summed E-state index contributed by atoms with van der Waals surface area (Å²) in [4.78, 5) is 16.0. The molecule has 8 heteroatoms. The zero-order chi connectivity index (χ0) is 17.3. The molecule has 1 N–H and O–H groups in total. The number of H-pyrrole nitrogens is 1. The van der Waals surface area contributed by atoms with Gasteiger partial charge >= 0.3 is 6.18 Å². The molecular weight excluding hydrogens is 321 g/mol. The lowest BCUT2D eigenvalue weighted by Crippen LogP contribution is -2.42. The van der Waals surface area contributed by atoms with E-state index in [1.807, 2.05) is 6.92 Å². The molecule has 3 rings (SSSR count). The number of halogens is 3. The second kappa shape index (κ2) is 6.74. The average molecular weight is 344 g/mol. The lowest BCUT2D eigenvalue weighted by atomic mass is 9.86. The van der Waals surface area contributed by atoms with Crippen LogP contribution in [0.25, 0.3) is 0 Å². The van der Waals surface area contributed by atoms with E-state index < -0.39 is 12.7 Å². The van der Waals surface area contributed by atoms with Gasteiger partial charge in [-0.2, -0.15) is 18.3 Å². The highest BCUT2D eigenvalue weighted by Crippen LogP contribution is 2.26. The third-order valence-electron chi connectivity index (χ3n) is 4.87. The summed E-state index contributed by atoms with van der Waals surface area (Å²) in [5, 5.41) is 6.97. The molecule has 1 amide bonds. The summed E-state index contributed by atoms with van der Waals surface area (Å²) in [6.45, 7) is 2.56. The van der Waals surface area contributed by atoms with E-state index in [1.165, 1.54) is 4.90 Å². The Kier molecular flexibility index (Phi) is 4.85. The maximum atomic E-state index is 12.8. The van der Waals surface area contributed by atoms with E-state index in [4.69, 9.17) is 0 Å². The zero-order valence-corrected chi connectivity index (χ0v) is 13.8. The number of rotatable bonds is 2. The van der Waals surface area contributed by atoms with Gasteiger partial charge in [0.2, 0.25) is 5.91 Å². The summed E-state index contributed by atoms with van der Waals surface area (Å²) in [5.74, 6) is 0.0194. The standard InChI is InChI=1S/C16H23F3N4O/c1-11-8-22(10-16(17,18)19)4-5-23(9-11)15(24)12-2-3-14-13(6-12)7-20-21-14/h7,11-12H,2-6,8-10H2,1H3,(H,20,21). The van der Waals surface area contributed by atoms with Crippen LogP contribution in [0.1, 0.15) is 24.6 Å². The number of carbonyl (C=O) groups is 1. The molecule has 2 unspecified atom stereocenters. The molecule has 0 bridgehead atoms. The molecule has 0 radical (unpaired) electrons. The Morgan fingerprint density at radius 2 is 2.17 bits per heavy atom. The molecule has 24 heavy (non-hydrogen) atoms. The summed E-state index contributed by atoms with van der Waals surface area (Å²) >= 11 is 0. The summed E-state index contributed by atoms with van der Waals surface area (Å²) in [7, 11) is 0. The Labute approximate surface area is 139 Å². The van der Waals surface area contributed by atoms with E-state index in [2.05, 4.69) is 10.2 Å². The number of fused-ring (bicyclic) bond motifs is 1. The van der Waals surface area contributed by atoms with Gasteiger partial charge in [0.05, 0.1) is 12.7 Å². The van der Waals surface area contributed by atoms with Crippen LogP contribution >= 0.6 is 0 Å². The number of aromatic nitrogens is 2. The van der Waals surface area contributed by atoms with Crippen molar-refractivity contribution in [2.75, 3.05) is 32.7 Å². The maximum absolute atomic E-state index is 12.8. The van der Waals surface area contributed by atoms with Crippen molar-refractivity contribution in [3.63, 3.8) is 0 Å². The SMILES string of the molecule is CC1CN(CC(F)(F)F)CCN(C(=O)C2CCc3[nH]ncc3C2)C1. The van der Waals surface area contributed by atoms with Crippen molar-refractivity contribution in [2.45, 2.75) is 32.4 Å². The molecule has 1 aliphatic heterocycles. The predicted octanol–water partition coefficient (Wildman–Crippen LogP) is 1.86. The van der Waals surface area contributed by atoms with Gasteiger partial charge in [0.15, 0.2) is 0 Å². The van der Waals surface area contributed by atoms with Crippen LogP contribution in [0, 0.1) is 11.8 Å². The average Bonchev–Trinajstić information content (AvgIpc) is 2.88. The van der Waals surface area contributed by atoms with Crippen LogP contribution in [-0.2, 0) is 17.6 Å². The molecule has 2 aliphatic rings. The van der Waals surface area contributed by atoms with Crippen LogP contribution < -0.4 is 0 Å². The second-order valence-corrected chi connectivity index (χ2v) is 7.05. The summed E-state index contributed by atoms with van der Waals surface area (Å²) in [6, 6.07) is 0. The number of nitrogens with zero attached hydrogens (tertiary/aromatic N) is 3. The lowest BCUT2D eigenvalue weighted by molar-refractivity contribution is -0.146. The summed E-state index contributed by atoms with van der Waals surface area (Å²) < 4.78 is 37.9. The van der Waals surface area contributed by atoms with E-state index in [9.17, 15) is 18.0 Å². The highest BCUT2D eigenvalue weighted by atomic mass is 19.4. The van der Waals surface area contributed by atoms with Crippen molar-refractivity contribution in [3.05, 3.63) is 17.5 Å². The van der Waals surface area contributed by atoms with Crippen LogP contribution in [0.5, 0.6) is 0 Å². The fraction of sp³-hybridized carbons (Fsp3) is 0.750. The molecule has 1 saturated heterocycles. The molecule has 2 atom stereocenters. The van der Waals surface area contributed by atoms with Gasteiger partial charge < -0.3 is 4.90 Å². The third kappa shape index (κ3) is 4.09. The van der Waals surface area contributed by atoms with Crippen molar-refractivity contribution in [3.8, 4) is 0 Å². The first-order chi connectivity index (χ1) is 11.3. The molecule has 1 aliphatic carbocycles. The first-order valence-electron chi connectivity index (χ1n) is 8.41. The Morgan fingerprint density at radius 3 is 2.92 bits per heavy atom. The topological polar surface area (TPSA) is 52.2 Å². The first-order valence-corrected chi connectivity index (χ1v) is 8.41. The van der Waals surface area contributed by atoms with Crippen LogP contribution in [0.15, 0.2) is 6.20 Å². The molecule has 0 saturated carbocycles. The Hall–Kier alpha value is -1.57. The number of aromatic amines is 1. The van der Waals surface area contributed by atoms with Crippen LogP contribution in [0.2, 0.25) is 0 Å². The molecule has 0 aromatic carbocycles. The van der Waals surface area contributed by atoms with Gasteiger partial charge in [0.25, 0.3) is 0 Å². The molecule has 1 aromatic heterocycles. The van der Waals surface area contributed by atoms with Gasteiger partial charge in [-0.15, -0.1) is 0 Å². The quantitative estimate of drug-likeness (QED) is 0.891. The van der Waals surface area contributed by atoms with Gasteiger partial charge in [-0.25, -0.2) is 0 Å². The fourth-order valence-electron chi connectivity index (χ4n) is 3.80. The Morgan fingerprint density at radius 1 is 1.38 bits per heavy atom. The van der Waals surface area contributed by atoms with E-state index in [0.29, 0.717) is 26.1 Å². The van der Waals surface area contributed by atoms with Gasteiger partial charge in [0.1, 0.15) is 0 Å². The third-order valence-corrected chi connectivity index (χ3v) is 4.87. The number of alkyl halides is 3. The zero-order valence-electron chi connectivity index (χ0n) is 13.8. The minimum absolute atomic E-state index is 0.0341. The number of nitrogens with one attached hydrogen (secondary N) is 1. The van der Waals surface area contributed by atoms with E-state index in [-0.39, 0.29) is 24.3 Å². The van der Waals surface area contributed by atoms with Gasteiger partial charge in [0, 0.05) is 37.8 Å².